The van der Waals surface area contributed by atoms with E-state index >= 15 is 0 Å². The van der Waals surface area contributed by atoms with Crippen LogP contribution in [0.15, 0.2) is 85.0 Å². The van der Waals surface area contributed by atoms with E-state index in [-0.39, 0.29) is 0 Å². The van der Waals surface area contributed by atoms with E-state index in [1.54, 1.807) is 0 Å². The summed E-state index contributed by atoms with van der Waals surface area (Å²) >= 11 is 0. The summed E-state index contributed by atoms with van der Waals surface area (Å²) in [6, 6.07) is 6.15. The largest absolute Gasteiger partial charge is 0.399 e. The van der Waals surface area contributed by atoms with Gasteiger partial charge in [-0.3, -0.25) is 0 Å². The first-order valence-corrected chi connectivity index (χ1v) is 9.19. The number of aryl methyl sites for hydroxylation is 2. The predicted octanol–water partition coefficient (Wildman–Crippen LogP) is 6.40. The molecule has 0 unspecified atom stereocenters. The molecule has 0 saturated heterocycles. The fourth-order valence-electron chi connectivity index (χ4n) is 2.11. The van der Waals surface area contributed by atoms with Crippen LogP contribution in [-0.4, -0.2) is 6.54 Å². The molecule has 148 valence electrons. The summed E-state index contributed by atoms with van der Waals surface area (Å²) < 4.78 is 0. The van der Waals surface area contributed by atoms with Crippen molar-refractivity contribution >= 4 is 5.70 Å². The van der Waals surface area contributed by atoms with Crippen LogP contribution in [0.4, 0.5) is 0 Å². The maximum atomic E-state index is 5.57. The molecule has 0 amide bonds. The number of rotatable bonds is 5. The average molecular weight is 367 g/mol. The van der Waals surface area contributed by atoms with E-state index in [0.29, 0.717) is 5.70 Å². The van der Waals surface area contributed by atoms with Gasteiger partial charge in [-0.25, -0.2) is 0 Å². The van der Waals surface area contributed by atoms with E-state index in [0.717, 1.165) is 28.8 Å². The van der Waals surface area contributed by atoms with Crippen molar-refractivity contribution in [3.8, 4) is 0 Å². The normalized spacial score (nSPS) is 11.1. The van der Waals surface area contributed by atoms with Gasteiger partial charge in [0.25, 0.3) is 0 Å². The number of benzene rings is 1. The van der Waals surface area contributed by atoms with Crippen LogP contribution in [0.25, 0.3) is 5.70 Å². The zero-order valence-electron chi connectivity index (χ0n) is 18.1. The first-order chi connectivity index (χ1) is 12.7. The molecule has 2 heteroatoms. The van der Waals surface area contributed by atoms with Crippen LogP contribution in [0.1, 0.15) is 44.4 Å². The molecule has 4 N–H and O–H groups in total. The number of hydrogen-bond donors (Lipinski definition) is 2. The van der Waals surface area contributed by atoms with Gasteiger partial charge in [-0.2, -0.15) is 0 Å². The first-order valence-electron chi connectivity index (χ1n) is 9.19. The Balaban J connectivity index is 0. The monoisotopic (exact) mass is 366 g/mol. The van der Waals surface area contributed by atoms with Gasteiger partial charge in [0.2, 0.25) is 0 Å². The fraction of sp³-hybridized carbons (Fsp3) is 0.280. The molecule has 1 rings (SSSR count). The molecule has 0 aliphatic heterocycles. The summed E-state index contributed by atoms with van der Waals surface area (Å²) in [4.78, 5) is 0. The molecule has 0 aliphatic rings. The minimum absolute atomic E-state index is 0.641. The van der Waals surface area contributed by atoms with E-state index in [1.165, 1.54) is 11.1 Å². The van der Waals surface area contributed by atoms with Crippen LogP contribution in [0.2, 0.25) is 0 Å². The molecule has 0 aromatic heterocycles. The summed E-state index contributed by atoms with van der Waals surface area (Å²) in [5, 5.41) is 0. The molecule has 0 fully saturated rings. The van der Waals surface area contributed by atoms with Crippen LogP contribution in [0, 0.1) is 13.8 Å². The van der Waals surface area contributed by atoms with E-state index in [1.807, 2.05) is 65.0 Å². The Kier molecular flexibility index (Phi) is 15.5. The van der Waals surface area contributed by atoms with Gasteiger partial charge in [0.05, 0.1) is 0 Å². The lowest BCUT2D eigenvalue weighted by molar-refractivity contribution is 1.14. The highest BCUT2D eigenvalue weighted by Crippen LogP contribution is 2.14. The minimum Gasteiger partial charge on any atom is -0.399 e. The minimum atomic E-state index is 0.641. The van der Waals surface area contributed by atoms with Crippen molar-refractivity contribution < 1.29 is 0 Å². The lowest BCUT2D eigenvalue weighted by Crippen LogP contribution is -1.96. The molecule has 1 aromatic rings. The van der Waals surface area contributed by atoms with Crippen molar-refractivity contribution in [2.24, 2.45) is 11.5 Å². The van der Waals surface area contributed by atoms with Crippen LogP contribution in [-0.2, 0) is 0 Å². The molecular formula is C25H38N2. The van der Waals surface area contributed by atoms with E-state index < -0.39 is 0 Å². The van der Waals surface area contributed by atoms with Crippen LogP contribution in [0.5, 0.6) is 0 Å². The molecule has 0 aliphatic carbocycles. The third-order valence-electron chi connectivity index (χ3n) is 3.46. The lowest BCUT2D eigenvalue weighted by Gasteiger charge is -2.04. The van der Waals surface area contributed by atoms with Gasteiger partial charge in [0.15, 0.2) is 0 Å². The van der Waals surface area contributed by atoms with Gasteiger partial charge in [-0.1, -0.05) is 80.3 Å². The number of allylic oxidation sites excluding steroid dienone is 8. The van der Waals surface area contributed by atoms with E-state index in [9.17, 15) is 0 Å². The Morgan fingerprint density at radius 3 is 2.04 bits per heavy atom. The third-order valence-corrected chi connectivity index (χ3v) is 3.46. The predicted molar refractivity (Wildman–Crippen MR) is 126 cm³/mol. The average Bonchev–Trinajstić information content (AvgIpc) is 2.59. The second-order valence-corrected chi connectivity index (χ2v) is 6.12. The van der Waals surface area contributed by atoms with Crippen molar-refractivity contribution in [2.75, 3.05) is 6.54 Å². The quantitative estimate of drug-likeness (QED) is 0.593. The van der Waals surface area contributed by atoms with Crippen molar-refractivity contribution in [3.63, 3.8) is 0 Å². The molecule has 0 heterocycles. The van der Waals surface area contributed by atoms with E-state index in [2.05, 4.69) is 44.9 Å². The highest BCUT2D eigenvalue weighted by molar-refractivity contribution is 5.63. The lowest BCUT2D eigenvalue weighted by atomic mass is 10.0. The first kappa shape index (κ1) is 26.6. The molecule has 27 heavy (non-hydrogen) atoms. The highest BCUT2D eigenvalue weighted by atomic mass is 14.6. The molecule has 0 saturated carbocycles. The highest BCUT2D eigenvalue weighted by Gasteiger charge is 1.97. The Morgan fingerprint density at radius 1 is 1.15 bits per heavy atom. The van der Waals surface area contributed by atoms with Gasteiger partial charge in [-0.05, 0) is 69.5 Å². The van der Waals surface area contributed by atoms with Gasteiger partial charge in [0, 0.05) is 5.70 Å². The SMILES string of the molecule is C=C(N)c1ccc(C)cc1C.C=CC(=C/C)/C=C(/C=C\C)C(=C)C.CCN. The van der Waals surface area contributed by atoms with Gasteiger partial charge in [0.1, 0.15) is 0 Å². The summed E-state index contributed by atoms with van der Waals surface area (Å²) in [6.45, 7) is 24.1. The van der Waals surface area contributed by atoms with Crippen molar-refractivity contribution in [3.05, 3.63) is 102 Å². The zero-order chi connectivity index (χ0) is 21.4. The Labute approximate surface area is 167 Å². The summed E-state index contributed by atoms with van der Waals surface area (Å²) in [6.07, 6.45) is 10.0. The van der Waals surface area contributed by atoms with Crippen molar-refractivity contribution in [1.82, 2.24) is 0 Å². The molecule has 0 bridgehead atoms. The summed E-state index contributed by atoms with van der Waals surface area (Å²) in [5.41, 5.74) is 17.9. The van der Waals surface area contributed by atoms with Crippen molar-refractivity contribution in [1.29, 1.82) is 0 Å². The summed E-state index contributed by atoms with van der Waals surface area (Å²) in [7, 11) is 0. The van der Waals surface area contributed by atoms with Crippen LogP contribution in [0.3, 0.4) is 0 Å². The molecular weight excluding hydrogens is 328 g/mol. The number of nitrogens with two attached hydrogens (primary N) is 2. The second kappa shape index (κ2) is 15.7. The standard InChI is InChI=1S/C13H18.C10H13N.C2H7N/c1-6-9-13(11(4)5)10-12(7-2)8-3;1-7-4-5-10(9(3)11)8(2)6-7;1-2-3/h6-10H,2,4H2,1,3,5H3;4-6H,3,11H2,1-2H3;2-3H2,1H3/b9-6-,12-8-,13-10-;;. The van der Waals surface area contributed by atoms with Gasteiger partial charge < -0.3 is 11.5 Å². The Hall–Kier alpha value is -2.58. The van der Waals surface area contributed by atoms with E-state index in [4.69, 9.17) is 11.5 Å². The Morgan fingerprint density at radius 2 is 1.70 bits per heavy atom. The fourth-order valence-corrected chi connectivity index (χ4v) is 2.11. The number of hydrogen-bond acceptors (Lipinski definition) is 2. The molecule has 0 radical (unpaired) electrons. The van der Waals surface area contributed by atoms with Crippen LogP contribution < -0.4 is 11.5 Å². The molecule has 1 aromatic carbocycles. The smallest absolute Gasteiger partial charge is 0.0317 e. The van der Waals surface area contributed by atoms with Gasteiger partial charge in [-0.15, -0.1) is 0 Å². The van der Waals surface area contributed by atoms with Crippen molar-refractivity contribution in [2.45, 2.75) is 41.5 Å². The third kappa shape index (κ3) is 12.4. The summed E-state index contributed by atoms with van der Waals surface area (Å²) in [5.74, 6) is 0. The molecule has 0 atom stereocenters. The van der Waals surface area contributed by atoms with Gasteiger partial charge >= 0.3 is 0 Å². The maximum absolute atomic E-state index is 5.57. The maximum Gasteiger partial charge on any atom is 0.0317 e. The molecule has 2 nitrogen and oxygen atoms in total. The molecule has 0 spiro atoms. The topological polar surface area (TPSA) is 52.0 Å². The second-order valence-electron chi connectivity index (χ2n) is 6.12. The van der Waals surface area contributed by atoms with Crippen LogP contribution >= 0.6 is 0 Å². The zero-order valence-corrected chi connectivity index (χ0v) is 18.1. The Bertz CT molecular complexity index is 701.